The van der Waals surface area contributed by atoms with Crippen molar-refractivity contribution in [1.29, 1.82) is 0 Å². The molecule has 1 aromatic heterocycles. The van der Waals surface area contributed by atoms with Crippen LogP contribution < -0.4 is 15.5 Å². The predicted octanol–water partition coefficient (Wildman–Crippen LogP) is 3.30. The molecule has 2 heterocycles. The molecule has 0 bridgehead atoms. The number of piperazine rings is 1. The number of fused-ring (bicyclic) bond motifs is 1. The van der Waals surface area contributed by atoms with Gasteiger partial charge in [0.25, 0.3) is 0 Å². The molecule has 0 spiro atoms. The van der Waals surface area contributed by atoms with E-state index in [-0.39, 0.29) is 6.03 Å². The Morgan fingerprint density at radius 3 is 2.64 bits per heavy atom. The van der Waals surface area contributed by atoms with Crippen molar-refractivity contribution in [3.05, 3.63) is 24.3 Å². The first-order valence-corrected chi connectivity index (χ1v) is 11.3. The molecule has 2 amide bonds. The summed E-state index contributed by atoms with van der Waals surface area (Å²) in [5.74, 6) is 1.98. The number of hydrogen-bond donors (Lipinski definition) is 2. The summed E-state index contributed by atoms with van der Waals surface area (Å²) in [4.78, 5) is 16.5. The Morgan fingerprint density at radius 1 is 1.14 bits per heavy atom. The van der Waals surface area contributed by atoms with Crippen LogP contribution in [0.3, 0.4) is 0 Å². The summed E-state index contributed by atoms with van der Waals surface area (Å²) in [5, 5.41) is 7.00. The van der Waals surface area contributed by atoms with Crippen LogP contribution in [-0.2, 0) is 0 Å². The molecule has 1 saturated heterocycles. The van der Waals surface area contributed by atoms with Gasteiger partial charge in [0.15, 0.2) is 0 Å². The van der Waals surface area contributed by atoms with Crippen molar-refractivity contribution >= 4 is 33.5 Å². The number of anilines is 1. The average molecular weight is 402 g/mol. The van der Waals surface area contributed by atoms with Crippen molar-refractivity contribution in [3.8, 4) is 0 Å². The Morgan fingerprint density at radius 2 is 1.89 bits per heavy atom. The van der Waals surface area contributed by atoms with Gasteiger partial charge in [-0.2, -0.15) is 4.37 Å². The Kier molecular flexibility index (Phi) is 6.32. The van der Waals surface area contributed by atoms with Crippen molar-refractivity contribution in [1.82, 2.24) is 19.9 Å². The molecule has 2 aromatic rings. The van der Waals surface area contributed by atoms with E-state index in [1.54, 1.807) is 18.6 Å². The molecule has 1 aliphatic heterocycles. The van der Waals surface area contributed by atoms with Gasteiger partial charge in [0.2, 0.25) is 0 Å². The fourth-order valence-corrected chi connectivity index (χ4v) is 5.30. The number of benzene rings is 1. The van der Waals surface area contributed by atoms with Gasteiger partial charge in [-0.1, -0.05) is 12.1 Å². The van der Waals surface area contributed by atoms with Gasteiger partial charge >= 0.3 is 6.03 Å². The van der Waals surface area contributed by atoms with E-state index in [1.807, 2.05) is 0 Å². The summed E-state index contributed by atoms with van der Waals surface area (Å²) in [5.41, 5.74) is 0. The molecule has 2 fully saturated rings. The molecule has 1 aliphatic carbocycles. The van der Waals surface area contributed by atoms with E-state index in [0.29, 0.717) is 6.04 Å². The van der Waals surface area contributed by atoms with Crippen LogP contribution in [0.5, 0.6) is 0 Å². The number of carbonyl (C=O) groups excluding carboxylic acids is 1. The molecular formula is C21H31N5OS. The molecule has 0 radical (unpaired) electrons. The first kappa shape index (κ1) is 19.5. The Balaban J connectivity index is 1.19. The summed E-state index contributed by atoms with van der Waals surface area (Å²) in [6, 6.07) is 8.85. The van der Waals surface area contributed by atoms with Crippen molar-refractivity contribution in [3.63, 3.8) is 0 Å². The number of nitrogens with one attached hydrogen (secondary N) is 2. The molecule has 2 N–H and O–H groups in total. The van der Waals surface area contributed by atoms with E-state index < -0.39 is 0 Å². The largest absolute Gasteiger partial charge is 0.353 e. The number of urea groups is 1. The zero-order valence-corrected chi connectivity index (χ0v) is 17.5. The third-order valence-corrected chi connectivity index (χ3v) is 7.11. The number of aromatic nitrogens is 1. The number of amides is 2. The van der Waals surface area contributed by atoms with Crippen LogP contribution in [-0.4, -0.2) is 61.1 Å². The minimum atomic E-state index is -0.0470. The minimum absolute atomic E-state index is 0.0470. The number of nitrogens with zero attached hydrogens (tertiary/aromatic N) is 3. The molecule has 6 nitrogen and oxygen atoms in total. The van der Waals surface area contributed by atoms with Gasteiger partial charge < -0.3 is 15.5 Å². The molecule has 28 heavy (non-hydrogen) atoms. The monoisotopic (exact) mass is 401 g/mol. The minimum Gasteiger partial charge on any atom is -0.353 e. The highest BCUT2D eigenvalue weighted by Crippen LogP contribution is 2.30. The lowest BCUT2D eigenvalue weighted by Crippen LogP contribution is -2.47. The summed E-state index contributed by atoms with van der Waals surface area (Å²) in [6.07, 6.45) is 5.98. The second-order valence-electron chi connectivity index (χ2n) is 8.06. The highest BCUT2D eigenvalue weighted by Gasteiger charge is 2.24. The molecule has 1 saturated carbocycles. The van der Waals surface area contributed by atoms with E-state index in [0.717, 1.165) is 44.9 Å². The predicted molar refractivity (Wildman–Crippen MR) is 116 cm³/mol. The third kappa shape index (κ3) is 4.58. The Bertz CT molecular complexity index is 778. The van der Waals surface area contributed by atoms with Crippen molar-refractivity contribution in [2.24, 2.45) is 5.92 Å². The van der Waals surface area contributed by atoms with Gasteiger partial charge in [-0.25, -0.2) is 4.79 Å². The van der Waals surface area contributed by atoms with Crippen molar-refractivity contribution in [2.75, 3.05) is 44.7 Å². The normalized spacial score (nSPS) is 23.7. The molecule has 0 atom stereocenters. The topological polar surface area (TPSA) is 60.5 Å². The van der Waals surface area contributed by atoms with Crippen LogP contribution in [0.2, 0.25) is 0 Å². The highest BCUT2D eigenvalue weighted by atomic mass is 32.1. The lowest BCUT2D eigenvalue weighted by Gasteiger charge is -2.36. The van der Waals surface area contributed by atoms with Crippen LogP contribution in [0.25, 0.3) is 10.1 Å². The maximum absolute atomic E-state index is 11.4. The molecule has 0 unspecified atom stereocenters. The van der Waals surface area contributed by atoms with Crippen LogP contribution in [0.15, 0.2) is 24.3 Å². The standard InChI is InChI=1S/C21H31N5OS/c1-22-21(27)23-17-8-6-16(7-9-17)10-11-25-12-14-26(15-13-25)20-18-4-2-3-5-19(18)28-24-20/h2-5,16-17H,6-15H2,1H3,(H2,22,23,27). The van der Waals surface area contributed by atoms with Gasteiger partial charge in [0.05, 0.1) is 4.70 Å². The number of rotatable bonds is 5. The van der Waals surface area contributed by atoms with E-state index in [1.165, 1.54) is 41.7 Å². The molecule has 152 valence electrons. The molecule has 7 heteroatoms. The van der Waals surface area contributed by atoms with Crippen LogP contribution in [0.4, 0.5) is 10.6 Å². The summed E-state index contributed by atoms with van der Waals surface area (Å²) in [6.45, 7) is 5.58. The van der Waals surface area contributed by atoms with Gasteiger partial charge in [0.1, 0.15) is 5.82 Å². The SMILES string of the molecule is CNC(=O)NC1CCC(CCN2CCN(c3nsc4ccccc34)CC2)CC1. The molecule has 4 rings (SSSR count). The van der Waals surface area contributed by atoms with E-state index in [2.05, 4.69) is 44.7 Å². The van der Waals surface area contributed by atoms with Crippen molar-refractivity contribution < 1.29 is 4.79 Å². The quantitative estimate of drug-likeness (QED) is 0.807. The van der Waals surface area contributed by atoms with Gasteiger partial charge in [-0.3, -0.25) is 4.90 Å². The Labute approximate surface area is 171 Å². The zero-order chi connectivity index (χ0) is 19.3. The number of carbonyl (C=O) groups is 1. The zero-order valence-electron chi connectivity index (χ0n) is 16.7. The third-order valence-electron chi connectivity index (χ3n) is 6.29. The second kappa shape index (κ2) is 9.09. The molecule has 2 aliphatic rings. The summed E-state index contributed by atoms with van der Waals surface area (Å²) in [7, 11) is 1.68. The highest BCUT2D eigenvalue weighted by molar-refractivity contribution is 7.13. The smallest absolute Gasteiger partial charge is 0.314 e. The first-order chi connectivity index (χ1) is 13.7. The van der Waals surface area contributed by atoms with Gasteiger partial charge in [0, 0.05) is 44.7 Å². The van der Waals surface area contributed by atoms with Crippen molar-refractivity contribution in [2.45, 2.75) is 38.1 Å². The van der Waals surface area contributed by atoms with Crippen LogP contribution in [0.1, 0.15) is 32.1 Å². The summed E-state index contributed by atoms with van der Waals surface area (Å²) < 4.78 is 5.99. The van der Waals surface area contributed by atoms with Gasteiger partial charge in [-0.05, 0) is 68.2 Å². The van der Waals surface area contributed by atoms with Gasteiger partial charge in [-0.15, -0.1) is 0 Å². The first-order valence-electron chi connectivity index (χ1n) is 10.5. The molecule has 1 aromatic carbocycles. The van der Waals surface area contributed by atoms with E-state index in [9.17, 15) is 4.79 Å². The van der Waals surface area contributed by atoms with Crippen LogP contribution >= 0.6 is 11.5 Å². The maximum Gasteiger partial charge on any atom is 0.314 e. The van der Waals surface area contributed by atoms with E-state index >= 15 is 0 Å². The van der Waals surface area contributed by atoms with E-state index in [4.69, 9.17) is 4.37 Å². The maximum atomic E-state index is 11.4. The number of hydrogen-bond acceptors (Lipinski definition) is 5. The average Bonchev–Trinajstić information content (AvgIpc) is 3.18. The van der Waals surface area contributed by atoms with Crippen LogP contribution in [0, 0.1) is 5.92 Å². The summed E-state index contributed by atoms with van der Waals surface area (Å²) >= 11 is 1.61. The molecular weight excluding hydrogens is 370 g/mol. The Hall–Kier alpha value is -1.86. The second-order valence-corrected chi connectivity index (χ2v) is 8.87. The lowest BCUT2D eigenvalue weighted by atomic mass is 9.84. The fraction of sp³-hybridized carbons (Fsp3) is 0.619. The lowest BCUT2D eigenvalue weighted by molar-refractivity contribution is 0.206. The fourth-order valence-electron chi connectivity index (χ4n) is 4.50.